The first-order chi connectivity index (χ1) is 11.2. The van der Waals surface area contributed by atoms with E-state index in [2.05, 4.69) is 22.4 Å². The molecule has 5 heteroatoms. The molecule has 1 aliphatic heterocycles. The average molecular weight is 313 g/mol. The van der Waals surface area contributed by atoms with Crippen LogP contribution in [0.15, 0.2) is 40.9 Å². The summed E-state index contributed by atoms with van der Waals surface area (Å²) in [6, 6.07) is 10.2. The molecule has 1 aromatic carbocycles. The maximum absolute atomic E-state index is 13.0. The van der Waals surface area contributed by atoms with Crippen LogP contribution in [0.2, 0.25) is 0 Å². The number of nitrogens with zero attached hydrogens (tertiary/aromatic N) is 2. The lowest BCUT2D eigenvalue weighted by atomic mass is 10.0. The molecule has 2 aromatic rings. The highest BCUT2D eigenvalue weighted by molar-refractivity contribution is 5.82. The highest BCUT2D eigenvalue weighted by atomic mass is 16.4. The molecular formula is C18H23N3O2. The van der Waals surface area contributed by atoms with E-state index < -0.39 is 0 Å². The van der Waals surface area contributed by atoms with Crippen molar-refractivity contribution in [3.05, 3.63) is 53.7 Å². The lowest BCUT2D eigenvalue weighted by Crippen LogP contribution is -2.44. The molecule has 0 radical (unpaired) electrons. The van der Waals surface area contributed by atoms with Crippen LogP contribution in [0.5, 0.6) is 0 Å². The molecule has 2 heterocycles. The lowest BCUT2D eigenvalue weighted by Gasteiger charge is -2.31. The van der Waals surface area contributed by atoms with Crippen molar-refractivity contribution < 1.29 is 9.21 Å². The van der Waals surface area contributed by atoms with Gasteiger partial charge < -0.3 is 14.6 Å². The van der Waals surface area contributed by atoms with Gasteiger partial charge in [0, 0.05) is 6.92 Å². The SMILES string of the molecule is CNC1CCCC(c2ccccc2)N(Cc2cnc(C)o2)C1=O. The standard InChI is InChI=1S/C18H23N3O2/c1-13-20-11-15(23-13)12-21-17(14-7-4-3-5-8-14)10-6-9-16(19-2)18(21)22/h3-5,7-8,11,16-17,19H,6,9-10,12H2,1-2H3. The van der Waals surface area contributed by atoms with E-state index >= 15 is 0 Å². The van der Waals surface area contributed by atoms with Crippen molar-refractivity contribution in [2.24, 2.45) is 0 Å². The monoisotopic (exact) mass is 313 g/mol. The van der Waals surface area contributed by atoms with Crippen LogP contribution >= 0.6 is 0 Å². The number of rotatable bonds is 4. The first-order valence-corrected chi connectivity index (χ1v) is 8.13. The Labute approximate surface area is 136 Å². The molecular weight excluding hydrogens is 290 g/mol. The molecule has 2 atom stereocenters. The van der Waals surface area contributed by atoms with Gasteiger partial charge in [-0.25, -0.2) is 4.98 Å². The normalized spacial score (nSPS) is 22.2. The number of aromatic nitrogens is 1. The molecule has 3 rings (SSSR count). The van der Waals surface area contributed by atoms with Gasteiger partial charge >= 0.3 is 0 Å². The Morgan fingerprint density at radius 3 is 2.74 bits per heavy atom. The van der Waals surface area contributed by atoms with Gasteiger partial charge in [-0.1, -0.05) is 30.3 Å². The first-order valence-electron chi connectivity index (χ1n) is 8.13. The highest BCUT2D eigenvalue weighted by Crippen LogP contribution is 2.32. The number of hydrogen-bond acceptors (Lipinski definition) is 4. The van der Waals surface area contributed by atoms with E-state index in [0.29, 0.717) is 12.4 Å². The van der Waals surface area contributed by atoms with E-state index in [1.165, 1.54) is 5.56 Å². The van der Waals surface area contributed by atoms with Gasteiger partial charge in [0.1, 0.15) is 5.76 Å². The Morgan fingerprint density at radius 1 is 1.30 bits per heavy atom. The molecule has 23 heavy (non-hydrogen) atoms. The van der Waals surface area contributed by atoms with Crippen molar-refractivity contribution in [1.82, 2.24) is 15.2 Å². The third-order valence-electron chi connectivity index (χ3n) is 4.46. The number of carbonyl (C=O) groups is 1. The summed E-state index contributed by atoms with van der Waals surface area (Å²) in [7, 11) is 1.85. The quantitative estimate of drug-likeness (QED) is 0.943. The van der Waals surface area contributed by atoms with Crippen LogP contribution in [0.3, 0.4) is 0 Å². The Bertz CT molecular complexity index is 653. The van der Waals surface area contributed by atoms with Crippen molar-refractivity contribution in [3.63, 3.8) is 0 Å². The van der Waals surface area contributed by atoms with E-state index in [-0.39, 0.29) is 18.0 Å². The molecule has 1 saturated heterocycles. The predicted octanol–water partition coefficient (Wildman–Crippen LogP) is 2.82. The van der Waals surface area contributed by atoms with Gasteiger partial charge in [0.05, 0.1) is 24.8 Å². The van der Waals surface area contributed by atoms with Gasteiger partial charge in [-0.05, 0) is 31.9 Å². The number of likely N-dealkylation sites (tertiary alicyclic amines) is 1. The molecule has 0 aliphatic carbocycles. The van der Waals surface area contributed by atoms with E-state index in [1.54, 1.807) is 6.20 Å². The first kappa shape index (κ1) is 15.7. The maximum Gasteiger partial charge on any atom is 0.240 e. The Kier molecular flexibility index (Phi) is 4.76. The van der Waals surface area contributed by atoms with Crippen LogP contribution in [0, 0.1) is 6.92 Å². The second kappa shape index (κ2) is 6.96. The molecule has 0 bridgehead atoms. The second-order valence-corrected chi connectivity index (χ2v) is 6.01. The van der Waals surface area contributed by atoms with E-state index in [4.69, 9.17) is 4.42 Å². The summed E-state index contributed by atoms with van der Waals surface area (Å²) < 4.78 is 5.60. The van der Waals surface area contributed by atoms with E-state index in [9.17, 15) is 4.79 Å². The zero-order chi connectivity index (χ0) is 16.2. The number of likely N-dealkylation sites (N-methyl/N-ethyl adjacent to an activating group) is 1. The summed E-state index contributed by atoms with van der Waals surface area (Å²) in [4.78, 5) is 19.1. The lowest BCUT2D eigenvalue weighted by molar-refractivity contribution is -0.136. The summed E-state index contributed by atoms with van der Waals surface area (Å²) in [5, 5.41) is 3.15. The number of benzene rings is 1. The summed E-state index contributed by atoms with van der Waals surface area (Å²) in [6.45, 7) is 2.27. The molecule has 1 N–H and O–H groups in total. The molecule has 2 unspecified atom stereocenters. The fourth-order valence-electron chi connectivity index (χ4n) is 3.27. The van der Waals surface area contributed by atoms with Gasteiger partial charge in [-0.15, -0.1) is 0 Å². The summed E-state index contributed by atoms with van der Waals surface area (Å²) >= 11 is 0. The van der Waals surface area contributed by atoms with Crippen molar-refractivity contribution in [2.45, 2.75) is 44.8 Å². The van der Waals surface area contributed by atoms with Crippen LogP contribution in [-0.4, -0.2) is 28.9 Å². The minimum atomic E-state index is -0.132. The average Bonchev–Trinajstić information content (AvgIpc) is 2.91. The smallest absolute Gasteiger partial charge is 0.240 e. The van der Waals surface area contributed by atoms with Crippen molar-refractivity contribution >= 4 is 5.91 Å². The van der Waals surface area contributed by atoms with Gasteiger partial charge in [0.25, 0.3) is 0 Å². The third-order valence-corrected chi connectivity index (χ3v) is 4.46. The molecule has 122 valence electrons. The van der Waals surface area contributed by atoms with Crippen LogP contribution < -0.4 is 5.32 Å². The maximum atomic E-state index is 13.0. The molecule has 1 fully saturated rings. The molecule has 1 aromatic heterocycles. The van der Waals surface area contributed by atoms with E-state index in [1.807, 2.05) is 37.1 Å². The largest absolute Gasteiger partial charge is 0.444 e. The second-order valence-electron chi connectivity index (χ2n) is 6.01. The molecule has 1 amide bonds. The number of amides is 1. The minimum Gasteiger partial charge on any atom is -0.444 e. The third kappa shape index (κ3) is 3.45. The zero-order valence-corrected chi connectivity index (χ0v) is 13.7. The topological polar surface area (TPSA) is 58.4 Å². The number of oxazole rings is 1. The summed E-state index contributed by atoms with van der Waals surface area (Å²) in [5.74, 6) is 1.49. The van der Waals surface area contributed by atoms with Gasteiger partial charge in [-0.3, -0.25) is 4.79 Å². The van der Waals surface area contributed by atoms with Crippen LogP contribution in [0.4, 0.5) is 0 Å². The minimum absolute atomic E-state index is 0.0763. The van der Waals surface area contributed by atoms with Crippen LogP contribution in [0.25, 0.3) is 0 Å². The van der Waals surface area contributed by atoms with Crippen molar-refractivity contribution in [3.8, 4) is 0 Å². The van der Waals surface area contributed by atoms with Gasteiger partial charge in [0.15, 0.2) is 5.89 Å². The molecule has 0 saturated carbocycles. The Balaban J connectivity index is 1.92. The number of carbonyl (C=O) groups excluding carboxylic acids is 1. The number of nitrogens with one attached hydrogen (secondary N) is 1. The Morgan fingerprint density at radius 2 is 2.09 bits per heavy atom. The van der Waals surface area contributed by atoms with Crippen LogP contribution in [0.1, 0.15) is 42.5 Å². The number of aryl methyl sites for hydroxylation is 1. The fourth-order valence-corrected chi connectivity index (χ4v) is 3.27. The highest BCUT2D eigenvalue weighted by Gasteiger charge is 2.33. The molecule has 5 nitrogen and oxygen atoms in total. The fraction of sp³-hybridized carbons (Fsp3) is 0.444. The number of hydrogen-bond donors (Lipinski definition) is 1. The van der Waals surface area contributed by atoms with E-state index in [0.717, 1.165) is 25.0 Å². The van der Waals surface area contributed by atoms with Gasteiger partial charge in [0.2, 0.25) is 5.91 Å². The molecule has 1 aliphatic rings. The molecule has 0 spiro atoms. The summed E-state index contributed by atoms with van der Waals surface area (Å²) in [5.41, 5.74) is 1.17. The van der Waals surface area contributed by atoms with Crippen molar-refractivity contribution in [1.29, 1.82) is 0 Å². The predicted molar refractivity (Wildman–Crippen MR) is 87.7 cm³/mol. The Hall–Kier alpha value is -2.14. The zero-order valence-electron chi connectivity index (χ0n) is 13.7. The van der Waals surface area contributed by atoms with Gasteiger partial charge in [-0.2, -0.15) is 0 Å². The van der Waals surface area contributed by atoms with Crippen LogP contribution in [-0.2, 0) is 11.3 Å². The van der Waals surface area contributed by atoms with Crippen molar-refractivity contribution in [2.75, 3.05) is 7.05 Å². The summed E-state index contributed by atoms with van der Waals surface area (Å²) in [6.07, 6.45) is 4.55.